The molecule has 0 aromatic carbocycles. The van der Waals surface area contributed by atoms with E-state index in [1.165, 1.54) is 0 Å². The molecule has 0 saturated heterocycles. The van der Waals surface area contributed by atoms with Crippen LogP contribution in [0.25, 0.3) is 0 Å². The first-order valence-corrected chi connectivity index (χ1v) is 3.95. The van der Waals surface area contributed by atoms with Crippen molar-refractivity contribution in [1.29, 1.82) is 0 Å². The molecule has 0 unspecified atom stereocenters. The van der Waals surface area contributed by atoms with Gasteiger partial charge in [0.05, 0.1) is 14.1 Å². The molecule has 0 saturated carbocycles. The molecule has 0 aromatic rings. The molecule has 6 heteroatoms. The summed E-state index contributed by atoms with van der Waals surface area (Å²) in [5.41, 5.74) is 0. The van der Waals surface area contributed by atoms with E-state index in [0.717, 1.165) is 0 Å². The zero-order valence-corrected chi connectivity index (χ0v) is 16.2. The third-order valence-electron chi connectivity index (χ3n) is 0.718. The van der Waals surface area contributed by atoms with Gasteiger partial charge in [0.15, 0.2) is 0 Å². The summed E-state index contributed by atoms with van der Waals surface area (Å²) >= 11 is 0. The molecule has 0 spiro atoms. The zero-order chi connectivity index (χ0) is 10.7. The van der Waals surface area contributed by atoms with Crippen LogP contribution >= 0.6 is 0 Å². The van der Waals surface area contributed by atoms with Crippen molar-refractivity contribution >= 4 is 18.8 Å². The smallest absolute Gasteiger partial charge is 0.130 e. The molecule has 0 rings (SSSR count). The Morgan fingerprint density at radius 3 is 1.60 bits per heavy atom. The molecule has 0 aliphatic rings. The van der Waals surface area contributed by atoms with Crippen LogP contribution in [0.4, 0.5) is 0 Å². The van der Waals surface area contributed by atoms with Crippen LogP contribution in [-0.2, 0) is 65.4 Å². The Bertz CT molecular complexity index is 185. The molecule has 82 valence electrons. The topological polar surface area (TPSA) is 31.0 Å². The SMILES string of the molecule is C[C-]=NC=[N+](C)C.C[C-]=NN(C)C.[Y].[Y]. The fraction of sp³-hybridized carbons (Fsp3) is 0.667. The minimum atomic E-state index is 0. The van der Waals surface area contributed by atoms with Crippen LogP contribution < -0.4 is 0 Å². The van der Waals surface area contributed by atoms with Gasteiger partial charge in [-0.1, -0.05) is 6.92 Å². The van der Waals surface area contributed by atoms with E-state index in [0.29, 0.717) is 0 Å². The summed E-state index contributed by atoms with van der Waals surface area (Å²) in [6.07, 6.45) is 6.94. The quantitative estimate of drug-likeness (QED) is 0.234. The van der Waals surface area contributed by atoms with Gasteiger partial charge in [-0.2, -0.15) is 6.92 Å². The number of nitrogens with zero attached hydrogens (tertiary/aromatic N) is 4. The van der Waals surface area contributed by atoms with Gasteiger partial charge in [0.2, 0.25) is 0 Å². The summed E-state index contributed by atoms with van der Waals surface area (Å²) < 4.78 is 1.86. The maximum absolute atomic E-state index is 3.72. The molecule has 0 aliphatic carbocycles. The number of rotatable bonds is 2. The predicted octanol–water partition coefficient (Wildman–Crippen LogP) is 0.680. The molecule has 4 nitrogen and oxygen atoms in total. The van der Waals surface area contributed by atoms with Crippen molar-refractivity contribution in [2.45, 2.75) is 13.8 Å². The molecule has 0 bridgehead atoms. The van der Waals surface area contributed by atoms with E-state index in [4.69, 9.17) is 0 Å². The first-order chi connectivity index (χ1) is 6.04. The zero-order valence-electron chi connectivity index (χ0n) is 10.5. The van der Waals surface area contributed by atoms with Gasteiger partial charge in [-0.3, -0.25) is 4.99 Å². The van der Waals surface area contributed by atoms with Crippen LogP contribution in [0.3, 0.4) is 0 Å². The van der Waals surface area contributed by atoms with Crippen LogP contribution in [0.5, 0.6) is 0 Å². The van der Waals surface area contributed by atoms with E-state index in [2.05, 4.69) is 22.5 Å². The van der Waals surface area contributed by atoms with Crippen molar-refractivity contribution in [2.24, 2.45) is 10.1 Å². The van der Waals surface area contributed by atoms with Crippen molar-refractivity contribution in [3.8, 4) is 0 Å². The first-order valence-electron chi connectivity index (χ1n) is 3.95. The van der Waals surface area contributed by atoms with Crippen LogP contribution in [0.1, 0.15) is 13.8 Å². The third kappa shape index (κ3) is 39.6. The van der Waals surface area contributed by atoms with E-state index >= 15 is 0 Å². The van der Waals surface area contributed by atoms with Gasteiger partial charge >= 0.3 is 0 Å². The van der Waals surface area contributed by atoms with Crippen molar-refractivity contribution in [1.82, 2.24) is 5.01 Å². The number of hydrogen-bond donors (Lipinski definition) is 0. The Labute approximate surface area is 144 Å². The maximum Gasteiger partial charge on any atom is 0.130 e. The molecule has 2 radical (unpaired) electrons. The Kier molecular flexibility index (Phi) is 34.1. The minimum Gasteiger partial charge on any atom is -0.403 e. The molecule has 0 atom stereocenters. The molecule has 0 heterocycles. The molecule has 15 heavy (non-hydrogen) atoms. The van der Waals surface area contributed by atoms with Crippen LogP contribution in [0.15, 0.2) is 10.1 Å². The molecule has 0 fully saturated rings. The average molecular weight is 361 g/mol. The van der Waals surface area contributed by atoms with Gasteiger partial charge in [0, 0.05) is 79.5 Å². The van der Waals surface area contributed by atoms with Gasteiger partial charge < -0.3 is 20.9 Å². The number of hydrogen-bond acceptors (Lipinski definition) is 2. The Morgan fingerprint density at radius 2 is 1.53 bits per heavy atom. The van der Waals surface area contributed by atoms with Gasteiger partial charge in [-0.15, -0.1) is 0 Å². The van der Waals surface area contributed by atoms with Gasteiger partial charge in [0.1, 0.15) is 6.34 Å². The van der Waals surface area contributed by atoms with E-state index in [-0.39, 0.29) is 65.4 Å². The summed E-state index contributed by atoms with van der Waals surface area (Å²) in [7, 11) is 7.55. The molecule has 0 aliphatic heterocycles. The average Bonchev–Trinajstić information content (AvgIpc) is 2.01. The van der Waals surface area contributed by atoms with E-state index in [1.807, 2.05) is 32.8 Å². The fourth-order valence-electron chi connectivity index (χ4n) is 0.373. The second-order valence-electron chi connectivity index (χ2n) is 2.60. The number of hydrazone groups is 1. The van der Waals surface area contributed by atoms with Crippen molar-refractivity contribution in [3.05, 3.63) is 0 Å². The summed E-state index contributed by atoms with van der Waals surface area (Å²) in [5, 5.41) is 5.40. The molecular formula is C9H19N4Y2-. The minimum absolute atomic E-state index is 0. The van der Waals surface area contributed by atoms with Gasteiger partial charge in [-0.25, -0.2) is 0 Å². The fourth-order valence-corrected chi connectivity index (χ4v) is 0.373. The normalized spacial score (nSPS) is 8.40. The third-order valence-corrected chi connectivity index (χ3v) is 0.718. The van der Waals surface area contributed by atoms with Crippen LogP contribution in [0.2, 0.25) is 0 Å². The van der Waals surface area contributed by atoms with Crippen molar-refractivity contribution in [2.75, 3.05) is 28.2 Å². The number of aliphatic imine (C=N–C) groups is 1. The first kappa shape index (κ1) is 25.0. The molecular weight excluding hydrogens is 342 g/mol. The largest absolute Gasteiger partial charge is 0.403 e. The maximum atomic E-state index is 3.72. The Morgan fingerprint density at radius 1 is 1.07 bits per heavy atom. The van der Waals surface area contributed by atoms with Crippen molar-refractivity contribution in [3.63, 3.8) is 0 Å². The summed E-state index contributed by atoms with van der Waals surface area (Å²) in [6.45, 7) is 3.53. The van der Waals surface area contributed by atoms with Gasteiger partial charge in [-0.05, 0) is 6.21 Å². The molecule has 0 amide bonds. The van der Waals surface area contributed by atoms with Crippen molar-refractivity contribution < 1.29 is 70.0 Å². The molecule has 0 N–H and O–H groups in total. The summed E-state index contributed by atoms with van der Waals surface area (Å²) in [6, 6.07) is 0. The predicted molar refractivity (Wildman–Crippen MR) is 58.1 cm³/mol. The van der Waals surface area contributed by atoms with E-state index in [9.17, 15) is 0 Å². The standard InChI is InChI=1S/C5H10N2.C4H9N2.2Y/c1-4-6-5-7(2)3;1-4-5-6(2)3;;/h5H,1-3H3;1-3H3;;/q;-1;;. The molecule has 0 aromatic heterocycles. The van der Waals surface area contributed by atoms with E-state index in [1.54, 1.807) is 25.2 Å². The second kappa shape index (κ2) is 20.4. The monoisotopic (exact) mass is 361 g/mol. The second-order valence-corrected chi connectivity index (χ2v) is 2.60. The van der Waals surface area contributed by atoms with Crippen LogP contribution in [-0.4, -0.2) is 56.5 Å². The summed E-state index contributed by atoms with van der Waals surface area (Å²) in [4.78, 5) is 3.72. The van der Waals surface area contributed by atoms with Crippen LogP contribution in [0, 0.1) is 0 Å². The van der Waals surface area contributed by atoms with E-state index < -0.39 is 0 Å². The van der Waals surface area contributed by atoms with Gasteiger partial charge in [0.25, 0.3) is 0 Å². The summed E-state index contributed by atoms with van der Waals surface area (Å²) in [5.74, 6) is 0. The Hall–Kier alpha value is 1.02. The Balaban J connectivity index is -0.0000000718.